The average Bonchev–Trinajstić information content (AvgIpc) is 2.75. The number of halogens is 2. The van der Waals surface area contributed by atoms with Crippen molar-refractivity contribution in [1.82, 2.24) is 0 Å². The Hall–Kier alpha value is -1.52. The summed E-state index contributed by atoms with van der Waals surface area (Å²) in [5, 5.41) is 3.41. The number of ether oxygens (including phenoxy) is 1. The van der Waals surface area contributed by atoms with E-state index >= 15 is 0 Å². The highest BCUT2D eigenvalue weighted by Gasteiger charge is 2.49. The minimum Gasteiger partial charge on any atom is -0.451 e. The van der Waals surface area contributed by atoms with E-state index in [0.29, 0.717) is 34.7 Å². The van der Waals surface area contributed by atoms with E-state index in [0.717, 1.165) is 19.3 Å². The van der Waals surface area contributed by atoms with Crippen LogP contribution in [0.25, 0.3) is 0 Å². The summed E-state index contributed by atoms with van der Waals surface area (Å²) in [4.78, 5) is 24.8. The number of amides is 1. The Labute approximate surface area is 144 Å². The third kappa shape index (κ3) is 2.86. The molecule has 1 aliphatic heterocycles. The lowest BCUT2D eigenvalue weighted by molar-refractivity contribution is -0.149. The molecule has 0 aromatic heterocycles. The van der Waals surface area contributed by atoms with Crippen LogP contribution in [0.4, 0.5) is 5.69 Å². The van der Waals surface area contributed by atoms with Crippen LogP contribution in [-0.2, 0) is 14.3 Å². The molecule has 1 spiro atoms. The molecular formula is C17H17Cl2NO3. The van der Waals surface area contributed by atoms with Gasteiger partial charge in [-0.05, 0) is 44.7 Å². The Morgan fingerprint density at radius 2 is 1.91 bits per heavy atom. The Bertz CT molecular complexity index is 706. The zero-order valence-electron chi connectivity index (χ0n) is 12.7. The molecule has 0 atom stereocenters. The molecule has 1 heterocycles. The smallest absolute Gasteiger partial charge is 0.335 e. The fraction of sp³-hybridized carbons (Fsp3) is 0.412. The minimum atomic E-state index is -0.783. The maximum Gasteiger partial charge on any atom is 0.335 e. The molecule has 1 saturated carbocycles. The highest BCUT2D eigenvalue weighted by molar-refractivity contribution is 6.44. The van der Waals surface area contributed by atoms with Crippen LogP contribution in [0.1, 0.15) is 39.0 Å². The maximum atomic E-state index is 12.8. The molecule has 23 heavy (non-hydrogen) atoms. The van der Waals surface area contributed by atoms with Gasteiger partial charge in [-0.1, -0.05) is 35.7 Å². The van der Waals surface area contributed by atoms with Crippen LogP contribution in [0.2, 0.25) is 10.0 Å². The average molecular weight is 354 g/mol. The van der Waals surface area contributed by atoms with Crippen LogP contribution < -0.4 is 5.32 Å². The second-order valence-electron chi connectivity index (χ2n) is 6.00. The molecule has 6 heteroatoms. The number of anilines is 1. The van der Waals surface area contributed by atoms with Crippen molar-refractivity contribution >= 4 is 40.8 Å². The topological polar surface area (TPSA) is 55.4 Å². The van der Waals surface area contributed by atoms with Crippen LogP contribution in [0.15, 0.2) is 29.3 Å². The van der Waals surface area contributed by atoms with Gasteiger partial charge in [0.05, 0.1) is 21.3 Å². The summed E-state index contributed by atoms with van der Waals surface area (Å²) in [6.07, 6.45) is 4.34. The molecule has 0 radical (unpaired) electrons. The van der Waals surface area contributed by atoms with Crippen LogP contribution in [0, 0.1) is 0 Å². The van der Waals surface area contributed by atoms with E-state index in [1.54, 1.807) is 25.1 Å². The zero-order chi connectivity index (χ0) is 16.6. The number of rotatable bonds is 2. The number of benzene rings is 1. The summed E-state index contributed by atoms with van der Waals surface area (Å²) < 4.78 is 5.59. The Kier molecular flexibility index (Phi) is 4.39. The first kappa shape index (κ1) is 16.3. The van der Waals surface area contributed by atoms with Crippen LogP contribution in [-0.4, -0.2) is 17.5 Å². The Morgan fingerprint density at radius 1 is 1.22 bits per heavy atom. The van der Waals surface area contributed by atoms with Crippen molar-refractivity contribution in [3.05, 3.63) is 39.4 Å². The van der Waals surface area contributed by atoms with Crippen LogP contribution >= 0.6 is 23.2 Å². The molecule has 122 valence electrons. The molecule has 0 bridgehead atoms. The molecule has 1 aliphatic carbocycles. The highest BCUT2D eigenvalue weighted by atomic mass is 35.5. The van der Waals surface area contributed by atoms with Gasteiger partial charge in [0.1, 0.15) is 5.60 Å². The molecule has 2 aliphatic rings. The molecule has 1 aromatic carbocycles. The third-order valence-electron chi connectivity index (χ3n) is 4.51. The number of esters is 1. The number of carbonyl (C=O) groups excluding carboxylic acids is 2. The quantitative estimate of drug-likeness (QED) is 0.795. The molecule has 0 saturated heterocycles. The SMILES string of the molecule is CC1=C(C(=O)Nc2cccc(Cl)c2Cl)C2(CCCCC2)OC1=O. The van der Waals surface area contributed by atoms with Gasteiger partial charge in [-0.3, -0.25) is 4.79 Å². The first-order valence-electron chi connectivity index (χ1n) is 7.65. The van der Waals surface area contributed by atoms with E-state index < -0.39 is 11.6 Å². The van der Waals surface area contributed by atoms with Gasteiger partial charge in [-0.2, -0.15) is 0 Å². The standard InChI is InChI=1S/C17H17Cl2NO3/c1-10-13(17(23-16(10)22)8-3-2-4-9-17)15(21)20-12-7-5-6-11(18)14(12)19/h5-7H,2-4,8-9H2,1H3,(H,20,21). The first-order chi connectivity index (χ1) is 10.9. The van der Waals surface area contributed by atoms with Crippen molar-refractivity contribution < 1.29 is 14.3 Å². The fourth-order valence-corrected chi connectivity index (χ4v) is 3.73. The summed E-state index contributed by atoms with van der Waals surface area (Å²) >= 11 is 12.1. The minimum absolute atomic E-state index is 0.281. The lowest BCUT2D eigenvalue weighted by atomic mass is 9.78. The second kappa shape index (κ2) is 6.17. The fourth-order valence-electron chi connectivity index (χ4n) is 3.39. The van der Waals surface area contributed by atoms with Crippen LogP contribution in [0.5, 0.6) is 0 Å². The number of hydrogen-bond donors (Lipinski definition) is 1. The van der Waals surface area contributed by atoms with E-state index in [2.05, 4.69) is 5.32 Å². The van der Waals surface area contributed by atoms with E-state index in [1.807, 2.05) is 0 Å². The van der Waals surface area contributed by atoms with Crippen molar-refractivity contribution in [3.63, 3.8) is 0 Å². The van der Waals surface area contributed by atoms with E-state index in [-0.39, 0.29) is 10.9 Å². The van der Waals surface area contributed by atoms with Gasteiger partial charge < -0.3 is 10.1 Å². The Balaban J connectivity index is 1.93. The van der Waals surface area contributed by atoms with Crippen molar-refractivity contribution in [1.29, 1.82) is 0 Å². The summed E-state index contributed by atoms with van der Waals surface area (Å²) in [6.45, 7) is 1.64. The summed E-state index contributed by atoms with van der Waals surface area (Å²) in [5.74, 6) is -0.756. The van der Waals surface area contributed by atoms with E-state index in [1.165, 1.54) is 0 Å². The third-order valence-corrected chi connectivity index (χ3v) is 5.33. The lowest BCUT2D eigenvalue weighted by Gasteiger charge is -2.34. The molecular weight excluding hydrogens is 337 g/mol. The van der Waals surface area contributed by atoms with Crippen molar-refractivity contribution in [2.75, 3.05) is 5.32 Å². The number of nitrogens with one attached hydrogen (secondary N) is 1. The van der Waals surface area contributed by atoms with Crippen molar-refractivity contribution in [2.45, 2.75) is 44.6 Å². The number of hydrogen-bond acceptors (Lipinski definition) is 3. The monoisotopic (exact) mass is 353 g/mol. The van der Waals surface area contributed by atoms with E-state index in [9.17, 15) is 9.59 Å². The molecule has 1 aromatic rings. The predicted molar refractivity (Wildman–Crippen MR) is 89.7 cm³/mol. The zero-order valence-corrected chi connectivity index (χ0v) is 14.3. The highest BCUT2D eigenvalue weighted by Crippen LogP contribution is 2.44. The Morgan fingerprint density at radius 3 is 2.61 bits per heavy atom. The second-order valence-corrected chi connectivity index (χ2v) is 6.79. The summed E-state index contributed by atoms with van der Waals surface area (Å²) in [7, 11) is 0. The number of carbonyl (C=O) groups is 2. The molecule has 0 unspecified atom stereocenters. The maximum absolute atomic E-state index is 12.8. The van der Waals surface area contributed by atoms with Gasteiger partial charge in [0.15, 0.2) is 0 Å². The van der Waals surface area contributed by atoms with Crippen molar-refractivity contribution in [3.8, 4) is 0 Å². The van der Waals surface area contributed by atoms with Gasteiger partial charge >= 0.3 is 5.97 Å². The van der Waals surface area contributed by atoms with Gasteiger partial charge in [0, 0.05) is 5.57 Å². The van der Waals surface area contributed by atoms with Crippen LogP contribution in [0.3, 0.4) is 0 Å². The summed E-state index contributed by atoms with van der Waals surface area (Å²) in [6, 6.07) is 5.03. The molecule has 3 rings (SSSR count). The van der Waals surface area contributed by atoms with Crippen molar-refractivity contribution in [2.24, 2.45) is 0 Å². The largest absolute Gasteiger partial charge is 0.451 e. The molecule has 4 nitrogen and oxygen atoms in total. The van der Waals surface area contributed by atoms with Gasteiger partial charge in [-0.25, -0.2) is 4.79 Å². The predicted octanol–water partition coefficient (Wildman–Crippen LogP) is 4.51. The van der Waals surface area contributed by atoms with Gasteiger partial charge in [-0.15, -0.1) is 0 Å². The van der Waals surface area contributed by atoms with E-state index in [4.69, 9.17) is 27.9 Å². The summed E-state index contributed by atoms with van der Waals surface area (Å²) in [5.41, 5.74) is 0.449. The normalized spacial score (nSPS) is 19.9. The first-order valence-corrected chi connectivity index (χ1v) is 8.40. The lowest BCUT2D eigenvalue weighted by Crippen LogP contribution is -2.39. The van der Waals surface area contributed by atoms with Gasteiger partial charge in [0.2, 0.25) is 0 Å². The van der Waals surface area contributed by atoms with Gasteiger partial charge in [0.25, 0.3) is 5.91 Å². The molecule has 1 amide bonds. The molecule has 1 fully saturated rings. The molecule has 1 N–H and O–H groups in total.